The molecule has 1 unspecified atom stereocenters. The maximum atomic E-state index is 11.6. The molecule has 1 aromatic rings. The molecular formula is C13H17NO3S. The zero-order chi connectivity index (χ0) is 13.1. The lowest BCUT2D eigenvalue weighted by molar-refractivity contribution is -0.126. The Kier molecular flexibility index (Phi) is 4.14. The molecule has 1 aliphatic heterocycles. The number of carbonyl (C=O) groups excluding carboxylic acids is 1. The lowest BCUT2D eigenvalue weighted by Crippen LogP contribution is -2.40. The van der Waals surface area contributed by atoms with E-state index in [4.69, 9.17) is 5.11 Å². The van der Waals surface area contributed by atoms with Crippen molar-refractivity contribution in [3.63, 3.8) is 0 Å². The number of nitrogens with zero attached hydrogens (tertiary/aromatic N) is 1. The molecule has 1 aromatic heterocycles. The second-order valence-electron chi connectivity index (χ2n) is 4.64. The topological polar surface area (TPSA) is 57.6 Å². The van der Waals surface area contributed by atoms with Crippen LogP contribution in [0, 0.1) is 5.92 Å². The van der Waals surface area contributed by atoms with Crippen LogP contribution in [0.2, 0.25) is 0 Å². The number of hydrogen-bond acceptors (Lipinski definition) is 4. The molecule has 1 saturated heterocycles. The monoisotopic (exact) mass is 267 g/mol. The molecule has 0 amide bonds. The Morgan fingerprint density at radius 2 is 2.39 bits per heavy atom. The third kappa shape index (κ3) is 2.79. The number of hydrogen-bond donors (Lipinski definition) is 1. The highest BCUT2D eigenvalue weighted by molar-refractivity contribution is 7.12. The normalized spacial score (nSPS) is 21.2. The van der Waals surface area contributed by atoms with E-state index in [1.807, 2.05) is 18.4 Å². The van der Waals surface area contributed by atoms with Crippen LogP contribution in [0.15, 0.2) is 11.4 Å². The molecule has 98 valence electrons. The predicted molar refractivity (Wildman–Crippen MR) is 70.0 cm³/mol. The first-order valence-corrected chi connectivity index (χ1v) is 7.04. The van der Waals surface area contributed by atoms with Crippen LogP contribution in [-0.2, 0) is 11.3 Å². The van der Waals surface area contributed by atoms with Gasteiger partial charge in [-0.3, -0.25) is 9.69 Å². The molecule has 2 rings (SSSR count). The van der Waals surface area contributed by atoms with Gasteiger partial charge in [0, 0.05) is 32.0 Å². The third-order valence-electron chi connectivity index (χ3n) is 3.44. The molecule has 0 radical (unpaired) electrons. The second-order valence-corrected chi connectivity index (χ2v) is 5.55. The van der Waals surface area contributed by atoms with E-state index in [-0.39, 0.29) is 5.92 Å². The van der Waals surface area contributed by atoms with Gasteiger partial charge < -0.3 is 5.11 Å². The van der Waals surface area contributed by atoms with Gasteiger partial charge in [-0.1, -0.05) is 6.92 Å². The Bertz CT molecular complexity index is 455. The van der Waals surface area contributed by atoms with Gasteiger partial charge in [0.15, 0.2) is 0 Å². The van der Waals surface area contributed by atoms with Gasteiger partial charge in [0.25, 0.3) is 0 Å². The maximum Gasteiger partial charge on any atom is 0.346 e. The smallest absolute Gasteiger partial charge is 0.346 e. The van der Waals surface area contributed by atoms with Crippen LogP contribution in [0.25, 0.3) is 0 Å². The van der Waals surface area contributed by atoms with Gasteiger partial charge in [-0.15, -0.1) is 11.3 Å². The van der Waals surface area contributed by atoms with E-state index in [1.54, 1.807) is 0 Å². The summed E-state index contributed by atoms with van der Waals surface area (Å²) in [4.78, 5) is 25.3. The Morgan fingerprint density at radius 3 is 3.06 bits per heavy atom. The fraction of sp³-hybridized carbons (Fsp3) is 0.538. The molecule has 2 heterocycles. The van der Waals surface area contributed by atoms with E-state index in [9.17, 15) is 9.59 Å². The summed E-state index contributed by atoms with van der Waals surface area (Å²) in [7, 11) is 0. The van der Waals surface area contributed by atoms with E-state index in [0.717, 1.165) is 25.1 Å². The maximum absolute atomic E-state index is 11.6. The van der Waals surface area contributed by atoms with Crippen LogP contribution in [0.5, 0.6) is 0 Å². The van der Waals surface area contributed by atoms with Crippen molar-refractivity contribution in [1.82, 2.24) is 4.90 Å². The van der Waals surface area contributed by atoms with E-state index in [1.165, 1.54) is 11.3 Å². The fourth-order valence-electron chi connectivity index (χ4n) is 2.37. The number of rotatable bonds is 4. The Hall–Kier alpha value is -1.20. The largest absolute Gasteiger partial charge is 0.477 e. The summed E-state index contributed by atoms with van der Waals surface area (Å²) >= 11 is 1.26. The highest BCUT2D eigenvalue weighted by atomic mass is 32.1. The average molecular weight is 267 g/mol. The number of aromatic carboxylic acids is 1. The van der Waals surface area contributed by atoms with Gasteiger partial charge in [-0.25, -0.2) is 4.79 Å². The van der Waals surface area contributed by atoms with Crippen molar-refractivity contribution in [3.05, 3.63) is 21.9 Å². The fourth-order valence-corrected chi connectivity index (χ4v) is 3.12. The van der Waals surface area contributed by atoms with Crippen LogP contribution in [-0.4, -0.2) is 34.8 Å². The molecule has 1 fully saturated rings. The molecular weight excluding hydrogens is 250 g/mol. The number of Topliss-reactive ketones (excluding diaryl/α,β-unsaturated/α-hetero) is 1. The second kappa shape index (κ2) is 5.63. The first-order chi connectivity index (χ1) is 8.61. The van der Waals surface area contributed by atoms with Crippen molar-refractivity contribution in [2.75, 3.05) is 13.1 Å². The van der Waals surface area contributed by atoms with Crippen LogP contribution in [0.3, 0.4) is 0 Å². The predicted octanol–water partition coefficient (Wildman–Crippen LogP) is 2.25. The number of ketones is 1. The molecule has 4 nitrogen and oxygen atoms in total. The van der Waals surface area contributed by atoms with Gasteiger partial charge in [-0.05, 0) is 23.4 Å². The highest BCUT2D eigenvalue weighted by Crippen LogP contribution is 2.22. The number of carbonyl (C=O) groups is 2. The number of piperidine rings is 1. The number of carboxylic acids is 1. The van der Waals surface area contributed by atoms with Gasteiger partial charge in [-0.2, -0.15) is 0 Å². The third-order valence-corrected chi connectivity index (χ3v) is 4.38. The van der Waals surface area contributed by atoms with Gasteiger partial charge in [0.1, 0.15) is 10.7 Å². The summed E-state index contributed by atoms with van der Waals surface area (Å²) in [6.07, 6.45) is 1.45. The Morgan fingerprint density at radius 1 is 1.61 bits per heavy atom. The molecule has 5 heteroatoms. The average Bonchev–Trinajstić information content (AvgIpc) is 2.80. The summed E-state index contributed by atoms with van der Waals surface area (Å²) in [5.41, 5.74) is 0.858. The summed E-state index contributed by atoms with van der Waals surface area (Å²) in [5.74, 6) is -0.400. The minimum atomic E-state index is -0.861. The Balaban J connectivity index is 2.03. The molecule has 0 spiro atoms. The quantitative estimate of drug-likeness (QED) is 0.909. The van der Waals surface area contributed by atoms with E-state index >= 15 is 0 Å². The molecule has 1 N–H and O–H groups in total. The molecule has 0 aromatic carbocycles. The molecule has 18 heavy (non-hydrogen) atoms. The van der Waals surface area contributed by atoms with Gasteiger partial charge in [0.2, 0.25) is 0 Å². The SMILES string of the molecule is CCC1CN(Cc2ccsc2C(=O)O)CCC1=O. The lowest BCUT2D eigenvalue weighted by atomic mass is 9.94. The standard InChI is InChI=1S/C13H17NO3S/c1-2-9-7-14(5-3-11(9)15)8-10-4-6-18-12(10)13(16)17/h4,6,9H,2-3,5,7-8H2,1H3,(H,16,17). The number of thiophene rings is 1. The lowest BCUT2D eigenvalue weighted by Gasteiger charge is -2.31. The van der Waals surface area contributed by atoms with E-state index in [2.05, 4.69) is 4.90 Å². The van der Waals surface area contributed by atoms with Crippen LogP contribution in [0.4, 0.5) is 0 Å². The van der Waals surface area contributed by atoms with Gasteiger partial charge in [0.05, 0.1) is 0 Å². The summed E-state index contributed by atoms with van der Waals surface area (Å²) in [5, 5.41) is 10.9. The zero-order valence-corrected chi connectivity index (χ0v) is 11.2. The summed E-state index contributed by atoms with van der Waals surface area (Å²) < 4.78 is 0. The molecule has 0 bridgehead atoms. The zero-order valence-electron chi connectivity index (χ0n) is 10.4. The van der Waals surface area contributed by atoms with E-state index in [0.29, 0.717) is 23.6 Å². The van der Waals surface area contributed by atoms with Crippen molar-refractivity contribution < 1.29 is 14.7 Å². The molecule has 0 saturated carbocycles. The van der Waals surface area contributed by atoms with Crippen molar-refractivity contribution in [3.8, 4) is 0 Å². The van der Waals surface area contributed by atoms with Crippen LogP contribution >= 0.6 is 11.3 Å². The van der Waals surface area contributed by atoms with Crippen LogP contribution < -0.4 is 0 Å². The number of likely N-dealkylation sites (tertiary alicyclic amines) is 1. The van der Waals surface area contributed by atoms with Crippen molar-refractivity contribution in [1.29, 1.82) is 0 Å². The first kappa shape index (κ1) is 13.2. The summed E-state index contributed by atoms with van der Waals surface area (Å²) in [6.45, 7) is 4.16. The molecule has 1 atom stereocenters. The minimum Gasteiger partial charge on any atom is -0.477 e. The molecule has 1 aliphatic rings. The minimum absolute atomic E-state index is 0.116. The van der Waals surface area contributed by atoms with Crippen molar-refractivity contribution in [2.45, 2.75) is 26.3 Å². The Labute approximate surface area is 110 Å². The number of carboxylic acid groups (broad SMARTS) is 1. The summed E-state index contributed by atoms with van der Waals surface area (Å²) in [6, 6.07) is 1.87. The van der Waals surface area contributed by atoms with Crippen molar-refractivity contribution >= 4 is 23.1 Å². The first-order valence-electron chi connectivity index (χ1n) is 6.16. The van der Waals surface area contributed by atoms with E-state index < -0.39 is 5.97 Å². The van der Waals surface area contributed by atoms with Gasteiger partial charge >= 0.3 is 5.97 Å². The molecule has 0 aliphatic carbocycles. The van der Waals surface area contributed by atoms with Crippen LogP contribution in [0.1, 0.15) is 35.0 Å². The van der Waals surface area contributed by atoms with Crippen molar-refractivity contribution in [2.24, 2.45) is 5.92 Å². The highest BCUT2D eigenvalue weighted by Gasteiger charge is 2.26.